The van der Waals surface area contributed by atoms with Gasteiger partial charge in [0.15, 0.2) is 5.78 Å². The number of aryl methyl sites for hydroxylation is 1. The number of Topliss-reactive ketones (excluding diaryl/α,β-unsaturated/α-hetero) is 1. The molecule has 6 heteroatoms. The van der Waals surface area contributed by atoms with Crippen LogP contribution in [0.25, 0.3) is 0 Å². The summed E-state index contributed by atoms with van der Waals surface area (Å²) in [7, 11) is 0. The van der Waals surface area contributed by atoms with Crippen LogP contribution in [0.4, 0.5) is 5.82 Å². The van der Waals surface area contributed by atoms with Crippen molar-refractivity contribution < 1.29 is 9.59 Å². The van der Waals surface area contributed by atoms with Crippen LogP contribution < -0.4 is 10.2 Å². The molecule has 0 unspecified atom stereocenters. The molecule has 2 aromatic rings. The van der Waals surface area contributed by atoms with Gasteiger partial charge < -0.3 is 10.2 Å². The Morgan fingerprint density at radius 2 is 1.72 bits per heavy atom. The molecule has 25 heavy (non-hydrogen) atoms. The number of anilines is 1. The molecule has 130 valence electrons. The maximum Gasteiger partial charge on any atom is 0.251 e. The van der Waals surface area contributed by atoms with Crippen LogP contribution in [0.15, 0.2) is 30.3 Å². The maximum atomic E-state index is 12.3. The first-order valence-corrected chi connectivity index (χ1v) is 8.51. The number of hydrogen-bond acceptors (Lipinski definition) is 5. The summed E-state index contributed by atoms with van der Waals surface area (Å²) in [4.78, 5) is 34.8. The maximum absolute atomic E-state index is 12.3. The summed E-state index contributed by atoms with van der Waals surface area (Å²) in [5.41, 5.74) is 2.00. The number of rotatable bonds is 5. The van der Waals surface area contributed by atoms with Crippen molar-refractivity contribution in [3.05, 3.63) is 53.0 Å². The highest BCUT2D eigenvalue weighted by molar-refractivity contribution is 5.97. The van der Waals surface area contributed by atoms with Crippen molar-refractivity contribution >= 4 is 17.5 Å². The molecule has 1 fully saturated rings. The second kappa shape index (κ2) is 7.42. The Balaban J connectivity index is 1.66. The Bertz CT molecular complexity index is 781. The van der Waals surface area contributed by atoms with Crippen LogP contribution in [0.1, 0.15) is 52.0 Å². The van der Waals surface area contributed by atoms with Gasteiger partial charge in [-0.2, -0.15) is 0 Å². The Morgan fingerprint density at radius 1 is 1.08 bits per heavy atom. The van der Waals surface area contributed by atoms with Gasteiger partial charge in [-0.15, -0.1) is 0 Å². The molecule has 6 nitrogen and oxygen atoms in total. The van der Waals surface area contributed by atoms with E-state index in [1.165, 1.54) is 19.8 Å². The van der Waals surface area contributed by atoms with E-state index in [1.54, 1.807) is 24.3 Å². The topological polar surface area (TPSA) is 75.2 Å². The number of ketones is 1. The van der Waals surface area contributed by atoms with Crippen LogP contribution in [0.2, 0.25) is 0 Å². The van der Waals surface area contributed by atoms with Crippen LogP contribution in [0.3, 0.4) is 0 Å². The molecule has 1 N–H and O–H groups in total. The highest BCUT2D eigenvalue weighted by Gasteiger charge is 2.15. The van der Waals surface area contributed by atoms with E-state index < -0.39 is 0 Å². The lowest BCUT2D eigenvalue weighted by Crippen LogP contribution is -2.25. The monoisotopic (exact) mass is 338 g/mol. The molecule has 0 atom stereocenters. The van der Waals surface area contributed by atoms with Gasteiger partial charge in [-0.1, -0.05) is 12.1 Å². The first-order chi connectivity index (χ1) is 12.0. The van der Waals surface area contributed by atoms with Crippen LogP contribution in [-0.4, -0.2) is 34.7 Å². The first-order valence-electron chi connectivity index (χ1n) is 8.51. The molecule has 0 aliphatic carbocycles. The van der Waals surface area contributed by atoms with Crippen LogP contribution in [-0.2, 0) is 6.54 Å². The minimum Gasteiger partial charge on any atom is -0.357 e. The van der Waals surface area contributed by atoms with Gasteiger partial charge in [0.25, 0.3) is 5.91 Å². The number of aromatic nitrogens is 2. The van der Waals surface area contributed by atoms with Gasteiger partial charge in [0.1, 0.15) is 11.6 Å². The van der Waals surface area contributed by atoms with E-state index in [4.69, 9.17) is 0 Å². The van der Waals surface area contributed by atoms with Crippen molar-refractivity contribution in [2.24, 2.45) is 0 Å². The Morgan fingerprint density at radius 3 is 2.36 bits per heavy atom. The second-order valence-corrected chi connectivity index (χ2v) is 6.29. The van der Waals surface area contributed by atoms with Crippen molar-refractivity contribution in [2.75, 3.05) is 18.0 Å². The summed E-state index contributed by atoms with van der Waals surface area (Å²) >= 11 is 0. The molecule has 1 aromatic heterocycles. The molecule has 3 rings (SSSR count). The first kappa shape index (κ1) is 17.1. The average molecular weight is 338 g/mol. The van der Waals surface area contributed by atoms with Crippen LogP contribution >= 0.6 is 0 Å². The third kappa shape index (κ3) is 4.21. The fraction of sp³-hybridized carbons (Fsp3) is 0.368. The number of nitrogens with one attached hydrogen (secondary N) is 1. The van der Waals surface area contributed by atoms with Gasteiger partial charge in [-0.05, 0) is 38.8 Å². The van der Waals surface area contributed by atoms with Gasteiger partial charge in [-0.25, -0.2) is 9.97 Å². The summed E-state index contributed by atoms with van der Waals surface area (Å²) in [5.74, 6) is 1.31. The largest absolute Gasteiger partial charge is 0.357 e. The highest BCUT2D eigenvalue weighted by atomic mass is 16.1. The third-order valence-corrected chi connectivity index (χ3v) is 4.28. The van der Waals surface area contributed by atoms with Crippen molar-refractivity contribution in [3.8, 4) is 0 Å². The van der Waals surface area contributed by atoms with Crippen LogP contribution in [0.5, 0.6) is 0 Å². The Labute approximate surface area is 147 Å². The molecule has 1 saturated heterocycles. The summed E-state index contributed by atoms with van der Waals surface area (Å²) in [6, 6.07) is 8.60. The predicted octanol–water partition coefficient (Wildman–Crippen LogP) is 2.52. The number of carbonyl (C=O) groups is 2. The van der Waals surface area contributed by atoms with E-state index in [-0.39, 0.29) is 18.2 Å². The SMILES string of the molecule is CC(=O)c1ccc(C(=O)NCc2nc(C)cc(N3CCCC3)n2)cc1. The summed E-state index contributed by atoms with van der Waals surface area (Å²) in [6.45, 7) is 5.75. The number of amides is 1. The zero-order valence-electron chi connectivity index (χ0n) is 14.6. The molecule has 0 bridgehead atoms. The zero-order valence-corrected chi connectivity index (χ0v) is 14.6. The fourth-order valence-corrected chi connectivity index (χ4v) is 2.92. The molecule has 1 aromatic carbocycles. The smallest absolute Gasteiger partial charge is 0.251 e. The molecular weight excluding hydrogens is 316 g/mol. The minimum absolute atomic E-state index is 0.0189. The van der Waals surface area contributed by atoms with E-state index in [9.17, 15) is 9.59 Å². The molecule has 1 aliphatic rings. The molecular formula is C19H22N4O2. The molecule has 2 heterocycles. The Kier molecular flexibility index (Phi) is 5.07. The van der Waals surface area contributed by atoms with E-state index in [0.29, 0.717) is 17.0 Å². The van der Waals surface area contributed by atoms with E-state index in [2.05, 4.69) is 20.2 Å². The molecule has 0 spiro atoms. The fourth-order valence-electron chi connectivity index (χ4n) is 2.92. The van der Waals surface area contributed by atoms with Crippen LogP contribution in [0, 0.1) is 6.92 Å². The minimum atomic E-state index is -0.206. The number of benzene rings is 1. The lowest BCUT2D eigenvalue weighted by Gasteiger charge is -2.17. The lowest BCUT2D eigenvalue weighted by molar-refractivity contribution is 0.0947. The normalized spacial score (nSPS) is 13.8. The molecule has 0 radical (unpaired) electrons. The van der Waals surface area contributed by atoms with Gasteiger partial charge in [-0.3, -0.25) is 9.59 Å². The highest BCUT2D eigenvalue weighted by Crippen LogP contribution is 2.18. The summed E-state index contributed by atoms with van der Waals surface area (Å²) in [6.07, 6.45) is 2.37. The van der Waals surface area contributed by atoms with E-state index in [1.807, 2.05) is 13.0 Å². The van der Waals surface area contributed by atoms with Crippen molar-refractivity contribution in [1.29, 1.82) is 0 Å². The standard InChI is InChI=1S/C19H22N4O2/c1-13-11-18(23-9-3-4-10-23)22-17(21-13)12-20-19(25)16-7-5-15(6-8-16)14(2)24/h5-8,11H,3-4,9-10,12H2,1-2H3,(H,20,25). The van der Waals surface area contributed by atoms with Crippen molar-refractivity contribution in [2.45, 2.75) is 33.2 Å². The third-order valence-electron chi connectivity index (χ3n) is 4.28. The number of carbonyl (C=O) groups excluding carboxylic acids is 2. The van der Waals surface area contributed by atoms with E-state index >= 15 is 0 Å². The van der Waals surface area contributed by atoms with E-state index in [0.717, 1.165) is 24.6 Å². The van der Waals surface area contributed by atoms with Gasteiger partial charge in [0.05, 0.1) is 6.54 Å². The average Bonchev–Trinajstić information content (AvgIpc) is 3.14. The number of nitrogens with zero attached hydrogens (tertiary/aromatic N) is 3. The second-order valence-electron chi connectivity index (χ2n) is 6.29. The lowest BCUT2D eigenvalue weighted by atomic mass is 10.1. The predicted molar refractivity (Wildman–Crippen MR) is 95.8 cm³/mol. The quantitative estimate of drug-likeness (QED) is 0.848. The zero-order chi connectivity index (χ0) is 17.8. The van der Waals surface area contributed by atoms with Gasteiger partial charge >= 0.3 is 0 Å². The summed E-state index contributed by atoms with van der Waals surface area (Å²) < 4.78 is 0. The molecule has 0 saturated carbocycles. The van der Waals surface area contributed by atoms with Gasteiger partial charge in [0.2, 0.25) is 0 Å². The summed E-state index contributed by atoms with van der Waals surface area (Å²) in [5, 5.41) is 2.84. The molecule has 1 amide bonds. The van der Waals surface area contributed by atoms with Crippen molar-refractivity contribution in [3.63, 3.8) is 0 Å². The van der Waals surface area contributed by atoms with Gasteiger partial charge in [0, 0.05) is 36.0 Å². The number of hydrogen-bond donors (Lipinski definition) is 1. The molecule has 1 aliphatic heterocycles. The Hall–Kier alpha value is -2.76. The van der Waals surface area contributed by atoms with Crippen molar-refractivity contribution in [1.82, 2.24) is 15.3 Å².